The van der Waals surface area contributed by atoms with Gasteiger partial charge < -0.3 is 5.11 Å². The average Bonchev–Trinajstić information content (AvgIpc) is 2.36. The van der Waals surface area contributed by atoms with E-state index >= 15 is 0 Å². The third-order valence-electron chi connectivity index (χ3n) is 3.12. The van der Waals surface area contributed by atoms with Gasteiger partial charge in [0.1, 0.15) is 5.92 Å². The largest absolute Gasteiger partial charge is 0.481 e. The molecule has 0 bridgehead atoms. The van der Waals surface area contributed by atoms with Crippen LogP contribution in [0.5, 0.6) is 0 Å². The van der Waals surface area contributed by atoms with Crippen molar-refractivity contribution in [3.05, 3.63) is 11.4 Å². The Morgan fingerprint density at radius 2 is 1.71 bits per heavy atom. The van der Waals surface area contributed by atoms with Crippen molar-refractivity contribution in [1.29, 1.82) is 0 Å². The van der Waals surface area contributed by atoms with Gasteiger partial charge in [0.05, 0.1) is 11.4 Å². The quantitative estimate of drug-likeness (QED) is 0.800. The summed E-state index contributed by atoms with van der Waals surface area (Å²) >= 11 is 0. The number of amides is 1. The molecule has 0 saturated carbocycles. The molecule has 1 aromatic rings. The topological polar surface area (TPSA) is 105 Å². The number of carbonyl (C=O) groups is 2. The van der Waals surface area contributed by atoms with E-state index in [4.69, 9.17) is 0 Å². The molecule has 0 fully saturated rings. The van der Waals surface area contributed by atoms with Crippen molar-refractivity contribution in [2.75, 3.05) is 5.32 Å². The van der Waals surface area contributed by atoms with E-state index in [0.717, 1.165) is 11.4 Å². The number of carbonyl (C=O) groups excluding carboxylic acids is 1. The van der Waals surface area contributed by atoms with Gasteiger partial charge in [-0.25, -0.2) is 4.98 Å². The Labute approximate surface area is 124 Å². The number of aromatic nitrogens is 3. The Morgan fingerprint density at radius 1 is 1.14 bits per heavy atom. The summed E-state index contributed by atoms with van der Waals surface area (Å²) < 4.78 is 0. The zero-order chi connectivity index (χ0) is 16.2. The minimum atomic E-state index is -1.18. The van der Waals surface area contributed by atoms with Crippen LogP contribution >= 0.6 is 0 Å². The summed E-state index contributed by atoms with van der Waals surface area (Å²) in [4.78, 5) is 27.7. The molecule has 21 heavy (non-hydrogen) atoms. The zero-order valence-corrected chi connectivity index (χ0v) is 13.1. The second-order valence-electron chi connectivity index (χ2n) is 5.86. The van der Waals surface area contributed by atoms with Gasteiger partial charge in [0.25, 0.3) is 0 Å². The second kappa shape index (κ2) is 6.60. The molecule has 7 heteroatoms. The van der Waals surface area contributed by atoms with Gasteiger partial charge in [-0.05, 0) is 18.3 Å². The van der Waals surface area contributed by atoms with Crippen LogP contribution in [0.1, 0.15) is 46.0 Å². The summed E-state index contributed by atoms with van der Waals surface area (Å²) in [5.41, 5.74) is 0.826. The maximum Gasteiger partial charge on any atom is 0.316 e. The molecule has 1 amide bonds. The first-order chi connectivity index (χ1) is 9.70. The van der Waals surface area contributed by atoms with Crippen LogP contribution in [0.25, 0.3) is 0 Å². The van der Waals surface area contributed by atoms with Crippen LogP contribution in [-0.2, 0) is 22.4 Å². The Balaban J connectivity index is 2.99. The summed E-state index contributed by atoms with van der Waals surface area (Å²) in [5.74, 6) is -2.95. The fourth-order valence-corrected chi connectivity index (χ4v) is 2.05. The average molecular weight is 294 g/mol. The lowest BCUT2D eigenvalue weighted by atomic mass is 9.80. The first-order valence-corrected chi connectivity index (χ1v) is 6.96. The Morgan fingerprint density at radius 3 is 2.14 bits per heavy atom. The van der Waals surface area contributed by atoms with Gasteiger partial charge in [0, 0.05) is 0 Å². The van der Waals surface area contributed by atoms with E-state index in [0.29, 0.717) is 12.8 Å². The first kappa shape index (κ1) is 17.0. The van der Waals surface area contributed by atoms with E-state index in [1.165, 1.54) is 0 Å². The number of aliphatic carboxylic acids is 1. The number of hydrogen-bond acceptors (Lipinski definition) is 5. The predicted octanol–water partition coefficient (Wildman–Crippen LogP) is 1.68. The Kier molecular flexibility index (Phi) is 5.34. The van der Waals surface area contributed by atoms with Gasteiger partial charge in [-0.1, -0.05) is 34.6 Å². The molecular formula is C14H22N4O3. The molecule has 1 aromatic heterocycles. The number of anilines is 1. The van der Waals surface area contributed by atoms with E-state index in [-0.39, 0.29) is 5.95 Å². The minimum Gasteiger partial charge on any atom is -0.481 e. The highest BCUT2D eigenvalue weighted by Crippen LogP contribution is 2.27. The molecule has 7 nitrogen and oxygen atoms in total. The van der Waals surface area contributed by atoms with E-state index < -0.39 is 23.2 Å². The SMILES string of the molecule is CCc1nnc(NC(=O)C(C(=O)O)C(C)(C)C)nc1CC. The normalized spacial score (nSPS) is 12.8. The molecular weight excluding hydrogens is 272 g/mol. The molecule has 0 radical (unpaired) electrons. The molecule has 0 saturated heterocycles. The van der Waals surface area contributed by atoms with Crippen molar-refractivity contribution < 1.29 is 14.7 Å². The summed E-state index contributed by atoms with van der Waals surface area (Å²) in [5, 5.41) is 19.5. The van der Waals surface area contributed by atoms with Gasteiger partial charge >= 0.3 is 5.97 Å². The maximum atomic E-state index is 12.2. The Bertz CT molecular complexity index is 538. The van der Waals surface area contributed by atoms with Crippen LogP contribution in [-0.4, -0.2) is 32.2 Å². The standard InChI is InChI=1S/C14H22N4O3/c1-6-8-9(7-2)17-18-13(15-8)16-11(19)10(12(20)21)14(3,4)5/h10H,6-7H2,1-5H3,(H,20,21)(H,15,16,18,19). The van der Waals surface area contributed by atoms with Crippen LogP contribution in [0.4, 0.5) is 5.95 Å². The van der Waals surface area contributed by atoms with E-state index in [1.54, 1.807) is 20.8 Å². The number of carboxylic acid groups (broad SMARTS) is 1. The lowest BCUT2D eigenvalue weighted by molar-refractivity contribution is -0.149. The zero-order valence-electron chi connectivity index (χ0n) is 13.1. The molecule has 0 aliphatic heterocycles. The third kappa shape index (κ3) is 4.21. The van der Waals surface area contributed by atoms with Crippen LogP contribution in [0, 0.1) is 11.3 Å². The minimum absolute atomic E-state index is 0.0459. The molecule has 0 spiro atoms. The third-order valence-corrected chi connectivity index (χ3v) is 3.12. The fraction of sp³-hybridized carbons (Fsp3) is 0.643. The maximum absolute atomic E-state index is 12.2. The van der Waals surface area contributed by atoms with Crippen LogP contribution in [0.15, 0.2) is 0 Å². The van der Waals surface area contributed by atoms with Gasteiger partial charge in [0.15, 0.2) is 0 Å². The van der Waals surface area contributed by atoms with Gasteiger partial charge in [-0.3, -0.25) is 14.9 Å². The van der Waals surface area contributed by atoms with Crippen LogP contribution < -0.4 is 5.32 Å². The monoisotopic (exact) mass is 294 g/mol. The van der Waals surface area contributed by atoms with Gasteiger partial charge in [0.2, 0.25) is 11.9 Å². The highest BCUT2D eigenvalue weighted by Gasteiger charge is 2.38. The molecule has 1 heterocycles. The number of carboxylic acids is 1. The van der Waals surface area contributed by atoms with E-state index in [9.17, 15) is 14.7 Å². The number of nitrogens with one attached hydrogen (secondary N) is 1. The number of aryl methyl sites for hydroxylation is 2. The van der Waals surface area contributed by atoms with Crippen LogP contribution in [0.3, 0.4) is 0 Å². The van der Waals surface area contributed by atoms with Gasteiger partial charge in [-0.2, -0.15) is 0 Å². The molecule has 1 rings (SSSR count). The highest BCUT2D eigenvalue weighted by molar-refractivity contribution is 6.04. The number of rotatable bonds is 5. The summed E-state index contributed by atoms with van der Waals surface area (Å²) in [7, 11) is 0. The van der Waals surface area contributed by atoms with Crippen molar-refractivity contribution in [3.8, 4) is 0 Å². The van der Waals surface area contributed by atoms with E-state index in [2.05, 4.69) is 20.5 Å². The van der Waals surface area contributed by atoms with Crippen LogP contribution in [0.2, 0.25) is 0 Å². The highest BCUT2D eigenvalue weighted by atomic mass is 16.4. The molecule has 0 aliphatic rings. The van der Waals surface area contributed by atoms with Crippen molar-refractivity contribution >= 4 is 17.8 Å². The lowest BCUT2D eigenvalue weighted by Crippen LogP contribution is -2.39. The van der Waals surface area contributed by atoms with Crippen molar-refractivity contribution in [2.24, 2.45) is 11.3 Å². The molecule has 1 atom stereocenters. The Hall–Kier alpha value is -2.05. The molecule has 116 valence electrons. The van der Waals surface area contributed by atoms with Crippen molar-refractivity contribution in [1.82, 2.24) is 15.2 Å². The predicted molar refractivity (Wildman–Crippen MR) is 77.8 cm³/mol. The summed E-state index contributed by atoms with van der Waals surface area (Å²) in [6.07, 6.45) is 1.38. The molecule has 0 aliphatic carbocycles. The first-order valence-electron chi connectivity index (χ1n) is 6.96. The summed E-state index contributed by atoms with van der Waals surface area (Å²) in [6.45, 7) is 8.97. The molecule has 0 aromatic carbocycles. The van der Waals surface area contributed by atoms with Gasteiger partial charge in [-0.15, -0.1) is 10.2 Å². The smallest absolute Gasteiger partial charge is 0.316 e. The second-order valence-corrected chi connectivity index (χ2v) is 5.86. The van der Waals surface area contributed by atoms with Crippen molar-refractivity contribution in [3.63, 3.8) is 0 Å². The lowest BCUT2D eigenvalue weighted by Gasteiger charge is -2.25. The van der Waals surface area contributed by atoms with E-state index in [1.807, 2.05) is 13.8 Å². The molecule has 2 N–H and O–H groups in total. The number of nitrogens with zero attached hydrogens (tertiary/aromatic N) is 3. The van der Waals surface area contributed by atoms with Crippen molar-refractivity contribution in [2.45, 2.75) is 47.5 Å². The number of hydrogen-bond donors (Lipinski definition) is 2. The fourth-order valence-electron chi connectivity index (χ4n) is 2.05. The molecule has 1 unspecified atom stereocenters. The summed E-state index contributed by atoms with van der Waals surface area (Å²) in [6, 6.07) is 0.